The van der Waals surface area contributed by atoms with E-state index in [-0.39, 0.29) is 18.4 Å². The number of rotatable bonds is 5. The molecule has 1 aromatic rings. The van der Waals surface area contributed by atoms with Crippen molar-refractivity contribution in [2.45, 2.75) is 27.2 Å². The molecule has 0 aromatic carbocycles. The third-order valence-corrected chi connectivity index (χ3v) is 4.93. The maximum atomic E-state index is 12.2. The second kappa shape index (κ2) is 6.81. The molecule has 0 bridgehead atoms. The maximum absolute atomic E-state index is 12.2. The van der Waals surface area contributed by atoms with E-state index in [1.165, 1.54) is 11.3 Å². The molecule has 0 radical (unpaired) electrons. The van der Waals surface area contributed by atoms with Crippen LogP contribution in [0.15, 0.2) is 5.11 Å². The molecule has 1 amide bonds. The molecule has 2 rings (SSSR count). The second-order valence-corrected chi connectivity index (χ2v) is 6.37. The Hall–Kier alpha value is -2.05. The van der Waals surface area contributed by atoms with E-state index < -0.39 is 5.97 Å². The summed E-state index contributed by atoms with van der Waals surface area (Å²) >= 11 is 1.42. The zero-order valence-corrected chi connectivity index (χ0v) is 13.6. The summed E-state index contributed by atoms with van der Waals surface area (Å²) in [6, 6.07) is 0. The molecule has 7 nitrogen and oxygen atoms in total. The molecule has 8 heteroatoms. The third kappa shape index (κ3) is 3.08. The summed E-state index contributed by atoms with van der Waals surface area (Å²) in [6.07, 6.45) is 0.331. The van der Waals surface area contributed by atoms with E-state index in [4.69, 9.17) is 10.3 Å². The van der Waals surface area contributed by atoms with Crippen molar-refractivity contribution in [2.75, 3.05) is 24.6 Å². The number of esters is 1. The van der Waals surface area contributed by atoms with Crippen molar-refractivity contribution in [1.29, 1.82) is 0 Å². The Morgan fingerprint density at radius 3 is 2.91 bits per heavy atom. The summed E-state index contributed by atoms with van der Waals surface area (Å²) in [5.74, 6) is -0.461. The Balaban J connectivity index is 2.32. The minimum Gasteiger partial charge on any atom is -0.462 e. The lowest BCUT2D eigenvalue weighted by molar-refractivity contribution is -0.117. The molecule has 22 heavy (non-hydrogen) atoms. The van der Waals surface area contributed by atoms with Crippen molar-refractivity contribution in [3.05, 3.63) is 26.4 Å². The van der Waals surface area contributed by atoms with Gasteiger partial charge in [0.1, 0.15) is 5.00 Å². The highest BCUT2D eigenvalue weighted by Gasteiger charge is 2.35. The van der Waals surface area contributed by atoms with Crippen LogP contribution in [0.1, 0.15) is 34.1 Å². The average molecular weight is 322 g/mol. The molecular formula is C14H18N4O3S. The number of hydrogen-bond acceptors (Lipinski definition) is 5. The third-order valence-electron chi connectivity index (χ3n) is 3.70. The van der Waals surface area contributed by atoms with Crippen LogP contribution < -0.4 is 4.90 Å². The SMILES string of the molecule is CCOC(=O)c1c(N2CC(CN=[N+]=[N-])CC2=O)sc(C)c1C. The Kier molecular flexibility index (Phi) is 5.05. The number of aryl methyl sites for hydroxylation is 1. The maximum Gasteiger partial charge on any atom is 0.341 e. The van der Waals surface area contributed by atoms with Gasteiger partial charge in [0.05, 0.1) is 12.2 Å². The van der Waals surface area contributed by atoms with Gasteiger partial charge in [-0.25, -0.2) is 4.79 Å². The van der Waals surface area contributed by atoms with Crippen molar-refractivity contribution < 1.29 is 14.3 Å². The predicted molar refractivity (Wildman–Crippen MR) is 84.2 cm³/mol. The first kappa shape index (κ1) is 16.3. The molecule has 0 aliphatic carbocycles. The van der Waals surface area contributed by atoms with E-state index >= 15 is 0 Å². The lowest BCUT2D eigenvalue weighted by Gasteiger charge is -2.16. The molecule has 0 spiro atoms. The first-order valence-corrected chi connectivity index (χ1v) is 7.89. The summed E-state index contributed by atoms with van der Waals surface area (Å²) in [7, 11) is 0. The summed E-state index contributed by atoms with van der Waals surface area (Å²) in [6.45, 7) is 6.58. The average Bonchev–Trinajstić information content (AvgIpc) is 2.98. The number of carbonyl (C=O) groups is 2. The normalized spacial score (nSPS) is 17.5. The fraction of sp³-hybridized carbons (Fsp3) is 0.571. The van der Waals surface area contributed by atoms with Crippen molar-refractivity contribution in [2.24, 2.45) is 11.0 Å². The van der Waals surface area contributed by atoms with E-state index in [9.17, 15) is 9.59 Å². The fourth-order valence-electron chi connectivity index (χ4n) is 2.49. The van der Waals surface area contributed by atoms with Gasteiger partial charge < -0.3 is 9.64 Å². The zero-order valence-electron chi connectivity index (χ0n) is 12.8. The molecule has 0 N–H and O–H groups in total. The van der Waals surface area contributed by atoms with Crippen molar-refractivity contribution in [3.63, 3.8) is 0 Å². The first-order valence-electron chi connectivity index (χ1n) is 7.07. The number of ether oxygens (including phenoxy) is 1. The summed E-state index contributed by atoms with van der Waals surface area (Å²) in [5.41, 5.74) is 9.72. The van der Waals surface area contributed by atoms with Crippen LogP contribution in [0.25, 0.3) is 10.4 Å². The standard InChI is InChI=1S/C14H18N4O3S/c1-4-21-14(20)12-8(2)9(3)22-13(12)18-7-10(5-11(18)19)6-16-17-15/h10H,4-7H2,1-3H3. The molecule has 1 aliphatic rings. The Morgan fingerprint density at radius 2 is 2.27 bits per heavy atom. The van der Waals surface area contributed by atoms with Gasteiger partial charge >= 0.3 is 5.97 Å². The summed E-state index contributed by atoms with van der Waals surface area (Å²) in [5, 5.41) is 4.18. The number of nitrogens with zero attached hydrogens (tertiary/aromatic N) is 4. The van der Waals surface area contributed by atoms with Crippen LogP contribution in [-0.2, 0) is 9.53 Å². The molecule has 1 unspecified atom stereocenters. The van der Waals surface area contributed by atoms with Gasteiger partial charge in [-0.3, -0.25) is 4.79 Å². The topological polar surface area (TPSA) is 95.4 Å². The van der Waals surface area contributed by atoms with Gasteiger partial charge in [0.2, 0.25) is 5.91 Å². The molecule has 1 aromatic heterocycles. The van der Waals surface area contributed by atoms with Gasteiger partial charge in [-0.05, 0) is 37.8 Å². The molecule has 2 heterocycles. The van der Waals surface area contributed by atoms with Gasteiger partial charge in [-0.1, -0.05) is 5.11 Å². The zero-order chi connectivity index (χ0) is 16.3. The molecular weight excluding hydrogens is 304 g/mol. The van der Waals surface area contributed by atoms with E-state index in [1.54, 1.807) is 11.8 Å². The van der Waals surface area contributed by atoms with Crippen molar-refractivity contribution >= 4 is 28.2 Å². The minimum absolute atomic E-state index is 0.0128. The van der Waals surface area contributed by atoms with E-state index in [0.29, 0.717) is 30.1 Å². The number of anilines is 1. The number of carbonyl (C=O) groups excluding carboxylic acids is 2. The Morgan fingerprint density at radius 1 is 1.55 bits per heavy atom. The highest BCUT2D eigenvalue weighted by molar-refractivity contribution is 7.16. The monoisotopic (exact) mass is 322 g/mol. The number of thiophene rings is 1. The van der Waals surface area contributed by atoms with E-state index in [2.05, 4.69) is 10.0 Å². The molecule has 1 fully saturated rings. The van der Waals surface area contributed by atoms with Gasteiger partial charge in [0, 0.05) is 29.3 Å². The number of azide groups is 1. The van der Waals surface area contributed by atoms with Gasteiger partial charge in [0.25, 0.3) is 0 Å². The van der Waals surface area contributed by atoms with Crippen LogP contribution in [0.3, 0.4) is 0 Å². The lowest BCUT2D eigenvalue weighted by atomic mass is 10.1. The summed E-state index contributed by atoms with van der Waals surface area (Å²) < 4.78 is 5.11. The molecule has 118 valence electrons. The van der Waals surface area contributed by atoms with Crippen molar-refractivity contribution in [1.82, 2.24) is 0 Å². The van der Waals surface area contributed by atoms with Gasteiger partial charge in [-0.2, -0.15) is 0 Å². The molecule has 1 saturated heterocycles. The van der Waals surface area contributed by atoms with Crippen LogP contribution in [-0.4, -0.2) is 31.6 Å². The van der Waals surface area contributed by atoms with Gasteiger partial charge in [-0.15, -0.1) is 11.3 Å². The molecule has 0 saturated carbocycles. The fourth-order valence-corrected chi connectivity index (χ4v) is 3.67. The van der Waals surface area contributed by atoms with E-state index in [0.717, 1.165) is 10.4 Å². The van der Waals surface area contributed by atoms with Crippen LogP contribution >= 0.6 is 11.3 Å². The van der Waals surface area contributed by atoms with E-state index in [1.807, 2.05) is 13.8 Å². The second-order valence-electron chi connectivity index (χ2n) is 5.17. The highest BCUT2D eigenvalue weighted by Crippen LogP contribution is 2.38. The summed E-state index contributed by atoms with van der Waals surface area (Å²) in [4.78, 5) is 29.8. The number of hydrogen-bond donors (Lipinski definition) is 0. The minimum atomic E-state index is -0.398. The van der Waals surface area contributed by atoms with Crippen LogP contribution in [0.2, 0.25) is 0 Å². The quantitative estimate of drug-likeness (QED) is 0.360. The van der Waals surface area contributed by atoms with Crippen LogP contribution in [0, 0.1) is 19.8 Å². The highest BCUT2D eigenvalue weighted by atomic mass is 32.1. The Labute approximate surface area is 132 Å². The first-order chi connectivity index (χ1) is 10.5. The van der Waals surface area contributed by atoms with Crippen LogP contribution in [0.4, 0.5) is 5.00 Å². The van der Waals surface area contributed by atoms with Gasteiger partial charge in [0.15, 0.2) is 0 Å². The smallest absolute Gasteiger partial charge is 0.341 e. The van der Waals surface area contributed by atoms with Crippen molar-refractivity contribution in [3.8, 4) is 0 Å². The van der Waals surface area contributed by atoms with Crippen LogP contribution in [0.5, 0.6) is 0 Å². The molecule has 1 atom stereocenters. The Bertz CT molecular complexity index is 649. The predicted octanol–water partition coefficient (Wildman–Crippen LogP) is 3.20. The lowest BCUT2D eigenvalue weighted by Crippen LogP contribution is -2.26. The molecule has 1 aliphatic heterocycles. The number of amides is 1. The largest absolute Gasteiger partial charge is 0.462 e.